The third kappa shape index (κ3) is 3.31. The summed E-state index contributed by atoms with van der Waals surface area (Å²) in [5.74, 6) is 0. The zero-order valence-electron chi connectivity index (χ0n) is 9.37. The largest absolute Gasteiger partial charge is 0.306 e. The van der Waals surface area contributed by atoms with Crippen LogP contribution in [0.4, 0.5) is 0 Å². The molecule has 0 aliphatic carbocycles. The maximum Gasteiger partial charge on any atom is 0.0548 e. The van der Waals surface area contributed by atoms with Crippen LogP contribution >= 0.6 is 27.5 Å². The van der Waals surface area contributed by atoms with Gasteiger partial charge in [0.1, 0.15) is 0 Å². The maximum absolute atomic E-state index is 5.94. The zero-order valence-corrected chi connectivity index (χ0v) is 11.7. The Kier molecular flexibility index (Phi) is 4.20. The molecule has 1 atom stereocenters. The molecule has 2 rings (SSSR count). The quantitative estimate of drug-likeness (QED) is 0.904. The fourth-order valence-electron chi connectivity index (χ4n) is 1.54. The van der Waals surface area contributed by atoms with Crippen LogP contribution in [0.25, 0.3) is 0 Å². The summed E-state index contributed by atoms with van der Waals surface area (Å²) in [6.07, 6.45) is 3.73. The van der Waals surface area contributed by atoms with Crippen LogP contribution in [-0.4, -0.2) is 10.2 Å². The van der Waals surface area contributed by atoms with Crippen molar-refractivity contribution in [3.63, 3.8) is 0 Å². The number of H-pyrrole nitrogens is 1. The van der Waals surface area contributed by atoms with Gasteiger partial charge in [-0.15, -0.1) is 0 Å². The molecule has 0 spiro atoms. The van der Waals surface area contributed by atoms with Crippen molar-refractivity contribution < 1.29 is 0 Å². The number of aromatic amines is 1. The molecule has 1 unspecified atom stereocenters. The van der Waals surface area contributed by atoms with E-state index in [1.807, 2.05) is 30.6 Å². The first-order valence-corrected chi connectivity index (χ1v) is 6.50. The van der Waals surface area contributed by atoms with E-state index >= 15 is 0 Å². The first-order chi connectivity index (χ1) is 8.16. The lowest BCUT2D eigenvalue weighted by Crippen LogP contribution is -2.17. The number of hydrogen-bond donors (Lipinski definition) is 2. The molecular weight excluding hydrogens is 302 g/mol. The molecule has 17 heavy (non-hydrogen) atoms. The minimum atomic E-state index is 0.267. The van der Waals surface area contributed by atoms with Gasteiger partial charge in [-0.1, -0.05) is 17.7 Å². The predicted octanol–water partition coefficient (Wildman–Crippen LogP) is 3.68. The summed E-state index contributed by atoms with van der Waals surface area (Å²) in [7, 11) is 0. The second-order valence-electron chi connectivity index (χ2n) is 3.88. The molecule has 0 amide bonds. The SMILES string of the molecule is CC(NCc1ccc(Cl)c(Br)c1)c1cn[nH]c1. The summed E-state index contributed by atoms with van der Waals surface area (Å²) in [5.41, 5.74) is 2.34. The van der Waals surface area contributed by atoms with Crippen LogP contribution in [0.2, 0.25) is 5.02 Å². The van der Waals surface area contributed by atoms with Gasteiger partial charge in [-0.25, -0.2) is 0 Å². The standard InChI is InChI=1S/C12H13BrClN3/c1-8(10-6-16-17-7-10)15-5-9-2-3-12(14)11(13)4-9/h2-4,6-8,15H,5H2,1H3,(H,16,17). The molecule has 1 heterocycles. The van der Waals surface area contributed by atoms with Crippen molar-refractivity contribution in [2.45, 2.75) is 19.5 Å². The topological polar surface area (TPSA) is 40.7 Å². The van der Waals surface area contributed by atoms with Crippen molar-refractivity contribution in [3.05, 3.63) is 51.2 Å². The second-order valence-corrected chi connectivity index (χ2v) is 5.14. The normalized spacial score (nSPS) is 12.6. The minimum absolute atomic E-state index is 0.267. The first kappa shape index (κ1) is 12.6. The summed E-state index contributed by atoms with van der Waals surface area (Å²) >= 11 is 9.36. The molecule has 0 saturated carbocycles. The monoisotopic (exact) mass is 313 g/mol. The molecule has 0 bridgehead atoms. The van der Waals surface area contributed by atoms with Gasteiger partial charge in [-0.05, 0) is 40.5 Å². The Morgan fingerprint density at radius 1 is 1.53 bits per heavy atom. The molecule has 1 aromatic heterocycles. The van der Waals surface area contributed by atoms with Crippen LogP contribution < -0.4 is 5.32 Å². The number of halogens is 2. The van der Waals surface area contributed by atoms with Crippen molar-refractivity contribution in [1.29, 1.82) is 0 Å². The fourth-order valence-corrected chi connectivity index (χ4v) is 2.08. The molecule has 0 fully saturated rings. The van der Waals surface area contributed by atoms with Crippen LogP contribution in [0.15, 0.2) is 35.1 Å². The Morgan fingerprint density at radius 3 is 3.00 bits per heavy atom. The lowest BCUT2D eigenvalue weighted by molar-refractivity contribution is 0.575. The highest BCUT2D eigenvalue weighted by molar-refractivity contribution is 9.10. The van der Waals surface area contributed by atoms with Crippen molar-refractivity contribution in [3.8, 4) is 0 Å². The van der Waals surface area contributed by atoms with Crippen molar-refractivity contribution >= 4 is 27.5 Å². The molecule has 1 aromatic carbocycles. The lowest BCUT2D eigenvalue weighted by Gasteiger charge is -2.12. The Hall–Kier alpha value is -0.840. The van der Waals surface area contributed by atoms with Gasteiger partial charge in [0, 0.05) is 28.8 Å². The molecule has 0 aliphatic heterocycles. The third-order valence-electron chi connectivity index (χ3n) is 2.62. The highest BCUT2D eigenvalue weighted by Gasteiger charge is 2.06. The summed E-state index contributed by atoms with van der Waals surface area (Å²) in [6, 6.07) is 6.20. The molecule has 0 radical (unpaired) electrons. The number of aromatic nitrogens is 2. The second kappa shape index (κ2) is 5.67. The third-order valence-corrected chi connectivity index (χ3v) is 3.83. The van der Waals surface area contributed by atoms with E-state index in [4.69, 9.17) is 11.6 Å². The fraction of sp³-hybridized carbons (Fsp3) is 0.250. The maximum atomic E-state index is 5.94. The summed E-state index contributed by atoms with van der Waals surface area (Å²) in [4.78, 5) is 0. The number of hydrogen-bond acceptors (Lipinski definition) is 2. The van der Waals surface area contributed by atoms with Crippen LogP contribution in [0.5, 0.6) is 0 Å². The molecule has 2 N–H and O–H groups in total. The van der Waals surface area contributed by atoms with E-state index in [1.165, 1.54) is 5.56 Å². The lowest BCUT2D eigenvalue weighted by atomic mass is 10.1. The van der Waals surface area contributed by atoms with Gasteiger partial charge in [0.25, 0.3) is 0 Å². The molecular formula is C12H13BrClN3. The molecule has 3 nitrogen and oxygen atoms in total. The van der Waals surface area contributed by atoms with E-state index in [9.17, 15) is 0 Å². The Bertz CT molecular complexity index is 485. The molecule has 0 saturated heterocycles. The predicted molar refractivity (Wildman–Crippen MR) is 73.0 cm³/mol. The highest BCUT2D eigenvalue weighted by Crippen LogP contribution is 2.23. The Balaban J connectivity index is 1.96. The smallest absolute Gasteiger partial charge is 0.0548 e. The van der Waals surface area contributed by atoms with E-state index in [-0.39, 0.29) is 6.04 Å². The number of benzene rings is 1. The van der Waals surface area contributed by atoms with Crippen LogP contribution in [0.3, 0.4) is 0 Å². The highest BCUT2D eigenvalue weighted by atomic mass is 79.9. The van der Waals surface area contributed by atoms with Crippen LogP contribution in [0, 0.1) is 0 Å². The van der Waals surface area contributed by atoms with Gasteiger partial charge in [0.2, 0.25) is 0 Å². The summed E-state index contributed by atoms with van der Waals surface area (Å²) in [6.45, 7) is 2.90. The van der Waals surface area contributed by atoms with E-state index in [2.05, 4.69) is 38.4 Å². The van der Waals surface area contributed by atoms with Gasteiger partial charge in [0.05, 0.1) is 11.2 Å². The van der Waals surface area contributed by atoms with E-state index in [1.54, 1.807) is 0 Å². The Labute approximate surface area is 114 Å². The summed E-state index contributed by atoms with van der Waals surface area (Å²) in [5, 5.41) is 10.9. The number of nitrogens with one attached hydrogen (secondary N) is 2. The summed E-state index contributed by atoms with van der Waals surface area (Å²) < 4.78 is 0.925. The first-order valence-electron chi connectivity index (χ1n) is 5.33. The molecule has 90 valence electrons. The van der Waals surface area contributed by atoms with Gasteiger partial charge >= 0.3 is 0 Å². The van der Waals surface area contributed by atoms with Crippen LogP contribution in [-0.2, 0) is 6.54 Å². The van der Waals surface area contributed by atoms with Crippen LogP contribution in [0.1, 0.15) is 24.1 Å². The van der Waals surface area contributed by atoms with E-state index < -0.39 is 0 Å². The van der Waals surface area contributed by atoms with Gasteiger partial charge < -0.3 is 5.32 Å². The average molecular weight is 315 g/mol. The number of rotatable bonds is 4. The minimum Gasteiger partial charge on any atom is -0.306 e. The molecule has 2 aromatic rings. The van der Waals surface area contributed by atoms with Gasteiger partial charge in [-0.3, -0.25) is 5.10 Å². The Morgan fingerprint density at radius 2 is 2.35 bits per heavy atom. The van der Waals surface area contributed by atoms with E-state index in [0.29, 0.717) is 0 Å². The van der Waals surface area contributed by atoms with Crippen molar-refractivity contribution in [2.75, 3.05) is 0 Å². The van der Waals surface area contributed by atoms with Gasteiger partial charge in [0.15, 0.2) is 0 Å². The zero-order chi connectivity index (χ0) is 12.3. The average Bonchev–Trinajstić information content (AvgIpc) is 2.84. The molecule has 5 heteroatoms. The van der Waals surface area contributed by atoms with Gasteiger partial charge in [-0.2, -0.15) is 5.10 Å². The van der Waals surface area contributed by atoms with Crippen molar-refractivity contribution in [1.82, 2.24) is 15.5 Å². The number of nitrogens with zero attached hydrogens (tertiary/aromatic N) is 1. The van der Waals surface area contributed by atoms with Crippen molar-refractivity contribution in [2.24, 2.45) is 0 Å². The van der Waals surface area contributed by atoms with E-state index in [0.717, 1.165) is 21.6 Å². The molecule has 0 aliphatic rings.